The molecule has 0 bridgehead atoms. The number of carbonyl (C=O) groups is 3. The first kappa shape index (κ1) is 20.9. The largest absolute Gasteiger partial charge is 0.321 e. The van der Waals surface area contributed by atoms with Crippen molar-refractivity contribution in [1.29, 1.82) is 0 Å². The first-order valence-electron chi connectivity index (χ1n) is 10.1. The summed E-state index contributed by atoms with van der Waals surface area (Å²) >= 11 is 11.3. The van der Waals surface area contributed by atoms with Gasteiger partial charge in [0.2, 0.25) is 0 Å². The van der Waals surface area contributed by atoms with Crippen LogP contribution in [0.3, 0.4) is 0 Å². The fraction of sp³-hybridized carbons (Fsp3) is 0.364. The lowest BCUT2D eigenvalue weighted by Gasteiger charge is -2.24. The van der Waals surface area contributed by atoms with E-state index in [9.17, 15) is 14.4 Å². The number of amides is 3. The van der Waals surface area contributed by atoms with E-state index in [-0.39, 0.29) is 17.4 Å². The minimum absolute atomic E-state index is 0.241. The van der Waals surface area contributed by atoms with Gasteiger partial charge < -0.3 is 10.6 Å². The van der Waals surface area contributed by atoms with Gasteiger partial charge in [-0.25, -0.2) is 0 Å². The fourth-order valence-corrected chi connectivity index (χ4v) is 4.50. The highest BCUT2D eigenvalue weighted by Crippen LogP contribution is 2.31. The van der Waals surface area contributed by atoms with Crippen molar-refractivity contribution in [2.24, 2.45) is 5.92 Å². The van der Waals surface area contributed by atoms with Gasteiger partial charge in [-0.2, -0.15) is 0 Å². The molecule has 1 aromatic rings. The average Bonchev–Trinajstić information content (AvgIpc) is 2.99. The van der Waals surface area contributed by atoms with Crippen molar-refractivity contribution in [1.82, 2.24) is 10.2 Å². The van der Waals surface area contributed by atoms with Crippen molar-refractivity contribution in [2.75, 3.05) is 25.0 Å². The smallest absolute Gasteiger partial charge is 0.263 e. The lowest BCUT2D eigenvalue weighted by Crippen LogP contribution is -2.34. The standard InChI is InChI=1S/C22H22ClN3O3S/c23-14-4-5-18(30)16(12-14)20(27)25-17-3-1-2-15-19(17)22(29)26(21(15)28)11-8-13-6-9-24-10-7-13/h1-4,12-13,24H,5-11H2,(H,25,27). The lowest BCUT2D eigenvalue weighted by atomic mass is 9.94. The number of hydrogen-bond acceptors (Lipinski definition) is 5. The van der Waals surface area contributed by atoms with Crippen molar-refractivity contribution in [3.8, 4) is 0 Å². The Hall–Kier alpha value is -2.35. The fourth-order valence-electron chi connectivity index (χ4n) is 4.08. The van der Waals surface area contributed by atoms with Crippen LogP contribution in [0.2, 0.25) is 0 Å². The van der Waals surface area contributed by atoms with Crippen molar-refractivity contribution in [3.63, 3.8) is 0 Å². The summed E-state index contributed by atoms with van der Waals surface area (Å²) in [6.07, 6.45) is 6.57. The number of anilines is 1. The minimum atomic E-state index is -0.437. The molecular weight excluding hydrogens is 422 g/mol. The van der Waals surface area contributed by atoms with E-state index in [0.29, 0.717) is 45.6 Å². The molecule has 30 heavy (non-hydrogen) atoms. The number of nitrogens with one attached hydrogen (secondary N) is 2. The van der Waals surface area contributed by atoms with Gasteiger partial charge in [0, 0.05) is 22.9 Å². The molecule has 0 aromatic heterocycles. The Labute approximate surface area is 185 Å². The summed E-state index contributed by atoms with van der Waals surface area (Å²) in [5, 5.41) is 6.52. The number of allylic oxidation sites excluding steroid dienone is 3. The molecule has 0 saturated carbocycles. The molecule has 1 saturated heterocycles. The number of fused-ring (bicyclic) bond motifs is 1. The maximum atomic E-state index is 13.0. The first-order chi connectivity index (χ1) is 14.5. The van der Waals surface area contributed by atoms with E-state index in [1.54, 1.807) is 24.3 Å². The number of thiocarbonyl (C=S) groups is 1. The Morgan fingerprint density at radius 2 is 2.00 bits per heavy atom. The molecule has 1 fully saturated rings. The molecular formula is C22H22ClN3O3S. The van der Waals surface area contributed by atoms with E-state index in [1.807, 2.05) is 0 Å². The summed E-state index contributed by atoms with van der Waals surface area (Å²) in [7, 11) is 0. The van der Waals surface area contributed by atoms with Crippen LogP contribution in [0.5, 0.6) is 0 Å². The van der Waals surface area contributed by atoms with E-state index in [1.165, 1.54) is 11.0 Å². The monoisotopic (exact) mass is 443 g/mol. The van der Waals surface area contributed by atoms with E-state index >= 15 is 0 Å². The Morgan fingerprint density at radius 3 is 2.77 bits per heavy atom. The van der Waals surface area contributed by atoms with Gasteiger partial charge in [0.05, 0.1) is 22.4 Å². The summed E-state index contributed by atoms with van der Waals surface area (Å²) in [5.74, 6) is -0.601. The second-order valence-electron chi connectivity index (χ2n) is 7.70. The van der Waals surface area contributed by atoms with Crippen molar-refractivity contribution in [2.45, 2.75) is 25.7 Å². The molecule has 1 aromatic carbocycles. The van der Waals surface area contributed by atoms with Gasteiger partial charge in [-0.3, -0.25) is 19.3 Å². The maximum Gasteiger partial charge on any atom is 0.263 e. The zero-order valence-corrected chi connectivity index (χ0v) is 17.9. The van der Waals surface area contributed by atoms with Gasteiger partial charge in [0.15, 0.2) is 0 Å². The number of piperidine rings is 1. The van der Waals surface area contributed by atoms with Gasteiger partial charge in [-0.15, -0.1) is 0 Å². The molecule has 3 aliphatic rings. The normalized spacial score (nSPS) is 19.5. The van der Waals surface area contributed by atoms with Gasteiger partial charge in [0.25, 0.3) is 17.7 Å². The highest BCUT2D eigenvalue weighted by molar-refractivity contribution is 7.81. The van der Waals surface area contributed by atoms with Gasteiger partial charge in [-0.1, -0.05) is 36.0 Å². The third-order valence-electron chi connectivity index (χ3n) is 5.78. The Balaban J connectivity index is 1.52. The summed E-state index contributed by atoms with van der Waals surface area (Å²) in [6.45, 7) is 2.33. The van der Waals surface area contributed by atoms with Crippen LogP contribution in [0.25, 0.3) is 0 Å². The van der Waals surface area contributed by atoms with Crippen molar-refractivity contribution < 1.29 is 14.4 Å². The number of hydrogen-bond donors (Lipinski definition) is 2. The molecule has 3 amide bonds. The van der Waals surface area contributed by atoms with Crippen LogP contribution in [-0.2, 0) is 4.79 Å². The van der Waals surface area contributed by atoms with Crippen LogP contribution in [0.1, 0.15) is 46.4 Å². The third kappa shape index (κ3) is 4.10. The van der Waals surface area contributed by atoms with Crippen LogP contribution >= 0.6 is 23.8 Å². The first-order valence-corrected chi connectivity index (χ1v) is 10.9. The minimum Gasteiger partial charge on any atom is -0.321 e. The Bertz CT molecular complexity index is 995. The number of nitrogens with zero attached hydrogens (tertiary/aromatic N) is 1. The molecule has 1 aliphatic carbocycles. The quantitative estimate of drug-likeness (QED) is 0.538. The Morgan fingerprint density at radius 1 is 1.23 bits per heavy atom. The zero-order chi connectivity index (χ0) is 21.3. The molecule has 2 heterocycles. The summed E-state index contributed by atoms with van der Waals surface area (Å²) in [5.41, 5.74) is 1.18. The molecule has 0 unspecified atom stereocenters. The molecule has 2 N–H and O–H groups in total. The van der Waals surface area contributed by atoms with Gasteiger partial charge in [0.1, 0.15) is 0 Å². The lowest BCUT2D eigenvalue weighted by molar-refractivity contribution is -0.112. The zero-order valence-electron chi connectivity index (χ0n) is 16.4. The van der Waals surface area contributed by atoms with Gasteiger partial charge in [-0.05, 0) is 56.5 Å². The molecule has 0 radical (unpaired) electrons. The second kappa shape index (κ2) is 8.79. The highest BCUT2D eigenvalue weighted by atomic mass is 35.5. The number of halogens is 1. The topological polar surface area (TPSA) is 78.5 Å². The van der Waals surface area contributed by atoms with E-state index in [0.717, 1.165) is 32.4 Å². The molecule has 8 heteroatoms. The van der Waals surface area contributed by atoms with Crippen LogP contribution in [0.15, 0.2) is 41.0 Å². The SMILES string of the molecule is O=C(Nc1cccc2c1C(=O)N(CCC1CCNCC1)C2=O)C1=CC(Cl)=CCC1=S. The third-order valence-corrected chi connectivity index (χ3v) is 6.43. The molecule has 156 valence electrons. The van der Waals surface area contributed by atoms with Crippen molar-refractivity contribution >= 4 is 52.1 Å². The molecule has 2 aliphatic heterocycles. The number of rotatable bonds is 5. The summed E-state index contributed by atoms with van der Waals surface area (Å²) < 4.78 is 0. The van der Waals surface area contributed by atoms with E-state index in [4.69, 9.17) is 23.8 Å². The second-order valence-corrected chi connectivity index (χ2v) is 8.63. The predicted octanol–water partition coefficient (Wildman–Crippen LogP) is 3.43. The molecule has 0 atom stereocenters. The number of imide groups is 1. The van der Waals surface area contributed by atoms with Crippen LogP contribution < -0.4 is 10.6 Å². The molecule has 4 rings (SSSR count). The average molecular weight is 444 g/mol. The van der Waals surface area contributed by atoms with E-state index in [2.05, 4.69) is 10.6 Å². The van der Waals surface area contributed by atoms with Gasteiger partial charge >= 0.3 is 0 Å². The van der Waals surface area contributed by atoms with Crippen LogP contribution in [0.4, 0.5) is 5.69 Å². The summed E-state index contributed by atoms with van der Waals surface area (Å²) in [4.78, 5) is 40.4. The van der Waals surface area contributed by atoms with Crippen LogP contribution in [-0.4, -0.2) is 47.1 Å². The Kier molecular flexibility index (Phi) is 6.13. The maximum absolute atomic E-state index is 13.0. The number of carbonyl (C=O) groups excluding carboxylic acids is 3. The van der Waals surface area contributed by atoms with Crippen molar-refractivity contribution in [3.05, 3.63) is 52.1 Å². The summed E-state index contributed by atoms with van der Waals surface area (Å²) in [6, 6.07) is 4.92. The van der Waals surface area contributed by atoms with E-state index < -0.39 is 5.91 Å². The molecule has 0 spiro atoms. The predicted molar refractivity (Wildman–Crippen MR) is 120 cm³/mol. The van der Waals surface area contributed by atoms with Crippen LogP contribution in [0, 0.1) is 5.92 Å². The number of benzene rings is 1. The molecule has 6 nitrogen and oxygen atoms in total. The highest BCUT2D eigenvalue weighted by Gasteiger charge is 2.38.